The fourth-order valence-corrected chi connectivity index (χ4v) is 5.20. The standard InChI is InChI=1S/C25H29N5OS/c1-18-14-20(16-25(2,3)15-18)26-27-22(31)17-32-24-29-28-23(19-10-6-4-7-11-19)30(24)21-12-8-5-9-13-21/h4-13,18H,14-17H2,1-3H3,(H,27,31)/b26-20-. The number of amides is 1. The maximum Gasteiger partial charge on any atom is 0.250 e. The maximum absolute atomic E-state index is 12.5. The van der Waals surface area contributed by atoms with Crippen LogP contribution in [0.1, 0.15) is 40.0 Å². The molecule has 7 heteroatoms. The van der Waals surface area contributed by atoms with Gasteiger partial charge in [-0.15, -0.1) is 10.2 Å². The van der Waals surface area contributed by atoms with Crippen molar-refractivity contribution in [3.8, 4) is 17.1 Å². The first-order chi connectivity index (χ1) is 15.4. The van der Waals surface area contributed by atoms with Crippen LogP contribution in [0.4, 0.5) is 0 Å². The summed E-state index contributed by atoms with van der Waals surface area (Å²) in [6.07, 6.45) is 3.06. The van der Waals surface area contributed by atoms with Gasteiger partial charge in [0.25, 0.3) is 5.91 Å². The summed E-state index contributed by atoms with van der Waals surface area (Å²) in [6.45, 7) is 6.77. The van der Waals surface area contributed by atoms with E-state index in [2.05, 4.69) is 41.5 Å². The molecule has 2 aromatic carbocycles. The van der Waals surface area contributed by atoms with Gasteiger partial charge in [-0.1, -0.05) is 81.1 Å². The van der Waals surface area contributed by atoms with Crippen molar-refractivity contribution in [2.75, 3.05) is 5.75 Å². The first-order valence-corrected chi connectivity index (χ1v) is 11.9. The first kappa shape index (κ1) is 22.3. The molecule has 1 aromatic heterocycles. The van der Waals surface area contributed by atoms with Crippen LogP contribution < -0.4 is 5.43 Å². The van der Waals surface area contributed by atoms with Crippen molar-refractivity contribution in [2.24, 2.45) is 16.4 Å². The molecule has 6 nitrogen and oxygen atoms in total. The highest BCUT2D eigenvalue weighted by atomic mass is 32.2. The number of carbonyl (C=O) groups excluding carboxylic acids is 1. The lowest BCUT2D eigenvalue weighted by atomic mass is 9.72. The van der Waals surface area contributed by atoms with Gasteiger partial charge in [0.05, 0.1) is 5.75 Å². The summed E-state index contributed by atoms with van der Waals surface area (Å²) in [5.74, 6) is 1.42. The zero-order valence-electron chi connectivity index (χ0n) is 18.8. The third kappa shape index (κ3) is 5.46. The minimum atomic E-state index is -0.137. The fraction of sp³-hybridized carbons (Fsp3) is 0.360. The van der Waals surface area contributed by atoms with Crippen LogP contribution in [0.5, 0.6) is 0 Å². The zero-order chi connectivity index (χ0) is 22.6. The van der Waals surface area contributed by atoms with Gasteiger partial charge in [-0.2, -0.15) is 5.10 Å². The monoisotopic (exact) mass is 447 g/mol. The molecule has 4 rings (SSSR count). The molecule has 1 aliphatic carbocycles. The molecule has 0 saturated heterocycles. The van der Waals surface area contributed by atoms with Gasteiger partial charge < -0.3 is 0 Å². The molecule has 0 aliphatic heterocycles. The van der Waals surface area contributed by atoms with Gasteiger partial charge in [0.2, 0.25) is 0 Å². The van der Waals surface area contributed by atoms with Crippen LogP contribution in [0.15, 0.2) is 70.9 Å². The molecule has 1 N–H and O–H groups in total. The molecule has 0 spiro atoms. The summed E-state index contributed by atoms with van der Waals surface area (Å²) < 4.78 is 1.99. The molecular formula is C25H29N5OS. The number of hydrogen-bond acceptors (Lipinski definition) is 5. The lowest BCUT2D eigenvalue weighted by molar-refractivity contribution is -0.118. The molecule has 1 atom stereocenters. The quantitative estimate of drug-likeness (QED) is 0.409. The second kappa shape index (κ2) is 9.69. The molecular weight excluding hydrogens is 418 g/mol. The van der Waals surface area contributed by atoms with Gasteiger partial charge in [0.1, 0.15) is 0 Å². The SMILES string of the molecule is CC1C/C(=N/NC(=O)CSc2nnc(-c3ccccc3)n2-c2ccccc2)CC(C)(C)C1. The van der Waals surface area contributed by atoms with Gasteiger partial charge in [-0.3, -0.25) is 9.36 Å². The number of hydrazone groups is 1. The van der Waals surface area contributed by atoms with Gasteiger partial charge in [-0.05, 0) is 42.7 Å². The summed E-state index contributed by atoms with van der Waals surface area (Å²) >= 11 is 1.36. The average molecular weight is 448 g/mol. The number of carbonyl (C=O) groups is 1. The van der Waals surface area contributed by atoms with Gasteiger partial charge in [0, 0.05) is 17.0 Å². The van der Waals surface area contributed by atoms with Crippen molar-refractivity contribution in [1.29, 1.82) is 0 Å². The van der Waals surface area contributed by atoms with Crippen molar-refractivity contribution >= 4 is 23.4 Å². The Kier molecular flexibility index (Phi) is 6.74. The highest BCUT2D eigenvalue weighted by Gasteiger charge is 2.29. The summed E-state index contributed by atoms with van der Waals surface area (Å²) in [5.41, 5.74) is 5.99. The normalized spacial score (nSPS) is 19.1. The topological polar surface area (TPSA) is 72.2 Å². The number of nitrogens with one attached hydrogen (secondary N) is 1. The predicted octanol–water partition coefficient (Wildman–Crippen LogP) is 5.34. The van der Waals surface area contributed by atoms with Crippen molar-refractivity contribution < 1.29 is 4.79 Å². The summed E-state index contributed by atoms with van der Waals surface area (Å²) in [6, 6.07) is 19.9. The third-order valence-electron chi connectivity index (χ3n) is 5.52. The van der Waals surface area contributed by atoms with Crippen LogP contribution in [0.25, 0.3) is 17.1 Å². The van der Waals surface area contributed by atoms with Crippen LogP contribution in [0.2, 0.25) is 0 Å². The summed E-state index contributed by atoms with van der Waals surface area (Å²) in [5, 5.41) is 13.9. The van der Waals surface area contributed by atoms with E-state index >= 15 is 0 Å². The Labute approximate surface area is 193 Å². The van der Waals surface area contributed by atoms with E-state index in [-0.39, 0.29) is 17.1 Å². The zero-order valence-corrected chi connectivity index (χ0v) is 19.6. The molecule has 1 aliphatic rings. The fourth-order valence-electron chi connectivity index (χ4n) is 4.45. The number of thioether (sulfide) groups is 1. The van der Waals surface area contributed by atoms with Gasteiger partial charge in [0.15, 0.2) is 11.0 Å². The Morgan fingerprint density at radius 3 is 2.50 bits per heavy atom. The number of rotatable bonds is 6. The van der Waals surface area contributed by atoms with E-state index in [1.807, 2.05) is 65.2 Å². The van der Waals surface area contributed by atoms with Gasteiger partial charge in [-0.25, -0.2) is 5.43 Å². The average Bonchev–Trinajstić information content (AvgIpc) is 3.20. The van der Waals surface area contributed by atoms with Crippen LogP contribution in [-0.4, -0.2) is 32.1 Å². The molecule has 3 aromatic rings. The highest BCUT2D eigenvalue weighted by Crippen LogP contribution is 2.37. The molecule has 1 fully saturated rings. The van der Waals surface area contributed by atoms with E-state index in [0.717, 1.165) is 35.6 Å². The number of benzene rings is 2. The number of hydrogen-bond donors (Lipinski definition) is 1. The molecule has 1 amide bonds. The molecule has 1 heterocycles. The Balaban J connectivity index is 1.48. The smallest absolute Gasteiger partial charge is 0.250 e. The number of nitrogens with zero attached hydrogens (tertiary/aromatic N) is 4. The second-order valence-electron chi connectivity index (χ2n) is 9.20. The minimum absolute atomic E-state index is 0.137. The minimum Gasteiger partial charge on any atom is -0.272 e. The Morgan fingerprint density at radius 2 is 1.81 bits per heavy atom. The Hall–Kier alpha value is -2.93. The molecule has 166 valence electrons. The second-order valence-corrected chi connectivity index (χ2v) is 10.1. The van der Waals surface area contributed by atoms with E-state index < -0.39 is 0 Å². The van der Waals surface area contributed by atoms with Gasteiger partial charge >= 0.3 is 0 Å². The molecule has 1 saturated carbocycles. The molecule has 0 bridgehead atoms. The van der Waals surface area contributed by atoms with Crippen LogP contribution in [-0.2, 0) is 4.79 Å². The van der Waals surface area contributed by atoms with E-state index in [4.69, 9.17) is 0 Å². The lowest BCUT2D eigenvalue weighted by Gasteiger charge is -2.34. The Morgan fingerprint density at radius 1 is 1.12 bits per heavy atom. The van der Waals surface area contributed by atoms with Crippen LogP contribution in [0.3, 0.4) is 0 Å². The van der Waals surface area contributed by atoms with Crippen molar-refractivity contribution in [1.82, 2.24) is 20.2 Å². The summed E-state index contributed by atoms with van der Waals surface area (Å²) in [7, 11) is 0. The molecule has 1 unspecified atom stereocenters. The van der Waals surface area contributed by atoms with Crippen LogP contribution >= 0.6 is 11.8 Å². The van der Waals surface area contributed by atoms with E-state index in [1.54, 1.807) is 0 Å². The van der Waals surface area contributed by atoms with E-state index in [1.165, 1.54) is 18.2 Å². The largest absolute Gasteiger partial charge is 0.272 e. The highest BCUT2D eigenvalue weighted by molar-refractivity contribution is 7.99. The maximum atomic E-state index is 12.5. The van der Waals surface area contributed by atoms with E-state index in [9.17, 15) is 4.79 Å². The number of para-hydroxylation sites is 1. The molecule has 32 heavy (non-hydrogen) atoms. The lowest BCUT2D eigenvalue weighted by Crippen LogP contribution is -2.30. The van der Waals surface area contributed by atoms with Crippen molar-refractivity contribution in [3.05, 3.63) is 60.7 Å². The predicted molar refractivity (Wildman–Crippen MR) is 130 cm³/mol. The molecule has 0 radical (unpaired) electrons. The first-order valence-electron chi connectivity index (χ1n) is 10.9. The summed E-state index contributed by atoms with van der Waals surface area (Å²) in [4.78, 5) is 12.5. The van der Waals surface area contributed by atoms with Crippen molar-refractivity contribution in [3.63, 3.8) is 0 Å². The van der Waals surface area contributed by atoms with Crippen LogP contribution in [0, 0.1) is 11.3 Å². The Bertz CT molecular complexity index is 1090. The number of aromatic nitrogens is 3. The van der Waals surface area contributed by atoms with Crippen molar-refractivity contribution in [2.45, 2.75) is 45.2 Å². The van der Waals surface area contributed by atoms with E-state index in [0.29, 0.717) is 11.1 Å². The third-order valence-corrected chi connectivity index (χ3v) is 6.45.